The number of nitrogen functional groups attached to an aromatic ring is 1. The van der Waals surface area contributed by atoms with Crippen LogP contribution in [0.4, 0.5) is 15.8 Å². The van der Waals surface area contributed by atoms with E-state index in [0.29, 0.717) is 17.4 Å². The predicted molar refractivity (Wildman–Crippen MR) is 63.8 cm³/mol. The molecule has 0 bridgehead atoms. The minimum absolute atomic E-state index is 0.0951. The van der Waals surface area contributed by atoms with Crippen LogP contribution in [-0.4, -0.2) is 6.04 Å². The molecule has 0 aliphatic carbocycles. The maximum Gasteiger partial charge on any atom is 0.143 e. The summed E-state index contributed by atoms with van der Waals surface area (Å²) in [6.45, 7) is 4.17. The lowest BCUT2D eigenvalue weighted by atomic mass is 10.1. The van der Waals surface area contributed by atoms with E-state index in [1.54, 1.807) is 0 Å². The van der Waals surface area contributed by atoms with Gasteiger partial charge in [-0.3, -0.25) is 0 Å². The second-order valence-corrected chi connectivity index (χ2v) is 3.92. The minimum Gasteiger partial charge on any atom is -0.397 e. The number of halogens is 2. The van der Waals surface area contributed by atoms with E-state index in [1.807, 2.05) is 0 Å². The van der Waals surface area contributed by atoms with Crippen molar-refractivity contribution in [2.24, 2.45) is 0 Å². The zero-order valence-electron chi connectivity index (χ0n) is 8.98. The first-order chi connectivity index (χ1) is 7.08. The number of anilines is 2. The molecule has 2 nitrogen and oxygen atoms in total. The summed E-state index contributed by atoms with van der Waals surface area (Å²) < 4.78 is 13.0. The molecular weight excluding hydrogens is 215 g/mol. The number of hydrogen-bond acceptors (Lipinski definition) is 2. The molecule has 0 fully saturated rings. The molecule has 1 aromatic rings. The SMILES string of the molecule is CCC(CC)Nc1cc(Cl)c(F)cc1N. The van der Waals surface area contributed by atoms with Crippen molar-refractivity contribution in [3.8, 4) is 0 Å². The first kappa shape index (κ1) is 12.1. The maximum atomic E-state index is 13.0. The summed E-state index contributed by atoms with van der Waals surface area (Å²) in [5.74, 6) is -0.482. The number of rotatable bonds is 4. The van der Waals surface area contributed by atoms with Crippen molar-refractivity contribution < 1.29 is 4.39 Å². The highest BCUT2D eigenvalue weighted by atomic mass is 35.5. The van der Waals surface area contributed by atoms with Crippen molar-refractivity contribution >= 4 is 23.0 Å². The van der Waals surface area contributed by atoms with Crippen LogP contribution in [0.2, 0.25) is 5.02 Å². The van der Waals surface area contributed by atoms with Crippen LogP contribution in [0.15, 0.2) is 12.1 Å². The molecule has 0 atom stereocenters. The van der Waals surface area contributed by atoms with Gasteiger partial charge in [0.15, 0.2) is 0 Å². The van der Waals surface area contributed by atoms with Gasteiger partial charge in [-0.1, -0.05) is 25.4 Å². The van der Waals surface area contributed by atoms with Crippen molar-refractivity contribution in [1.29, 1.82) is 0 Å². The lowest BCUT2D eigenvalue weighted by Crippen LogP contribution is -2.18. The molecule has 0 heterocycles. The van der Waals surface area contributed by atoms with Gasteiger partial charge in [0.25, 0.3) is 0 Å². The van der Waals surface area contributed by atoms with Gasteiger partial charge in [0.2, 0.25) is 0 Å². The van der Waals surface area contributed by atoms with Gasteiger partial charge in [0.1, 0.15) is 5.82 Å². The molecule has 15 heavy (non-hydrogen) atoms. The second-order valence-electron chi connectivity index (χ2n) is 3.51. The number of nitrogens with one attached hydrogen (secondary N) is 1. The zero-order valence-corrected chi connectivity index (χ0v) is 9.74. The van der Waals surface area contributed by atoms with Crippen LogP contribution in [-0.2, 0) is 0 Å². The molecule has 0 aliphatic heterocycles. The highest BCUT2D eigenvalue weighted by Crippen LogP contribution is 2.27. The number of nitrogens with two attached hydrogens (primary N) is 1. The Labute approximate surface area is 94.6 Å². The average molecular weight is 231 g/mol. The molecule has 0 unspecified atom stereocenters. The Morgan fingerprint density at radius 1 is 1.40 bits per heavy atom. The molecule has 4 heteroatoms. The van der Waals surface area contributed by atoms with Gasteiger partial charge in [0, 0.05) is 12.1 Å². The van der Waals surface area contributed by atoms with E-state index in [4.69, 9.17) is 17.3 Å². The Morgan fingerprint density at radius 3 is 2.53 bits per heavy atom. The van der Waals surface area contributed by atoms with Crippen LogP contribution < -0.4 is 11.1 Å². The molecule has 1 rings (SSSR count). The van der Waals surface area contributed by atoms with E-state index in [2.05, 4.69) is 19.2 Å². The number of benzene rings is 1. The molecule has 0 amide bonds. The monoisotopic (exact) mass is 230 g/mol. The molecule has 0 saturated carbocycles. The van der Waals surface area contributed by atoms with Crippen LogP contribution >= 0.6 is 11.6 Å². The standard InChI is InChI=1S/C11H16ClFN2/c1-3-7(4-2)15-11-5-8(12)9(13)6-10(11)14/h5-7,15H,3-4,14H2,1-2H3. The summed E-state index contributed by atoms with van der Waals surface area (Å²) in [6.07, 6.45) is 1.98. The summed E-state index contributed by atoms with van der Waals surface area (Å²) in [6, 6.07) is 3.12. The van der Waals surface area contributed by atoms with Crippen LogP contribution in [0.1, 0.15) is 26.7 Å². The Balaban J connectivity index is 2.89. The second kappa shape index (κ2) is 5.21. The van der Waals surface area contributed by atoms with Crippen molar-refractivity contribution in [3.05, 3.63) is 23.0 Å². The summed E-state index contributed by atoms with van der Waals surface area (Å²) in [5, 5.41) is 3.33. The van der Waals surface area contributed by atoms with Gasteiger partial charge in [0.05, 0.1) is 16.4 Å². The smallest absolute Gasteiger partial charge is 0.143 e. The summed E-state index contributed by atoms with van der Waals surface area (Å²) >= 11 is 5.69. The quantitative estimate of drug-likeness (QED) is 0.775. The highest BCUT2D eigenvalue weighted by molar-refractivity contribution is 6.31. The van der Waals surface area contributed by atoms with Crippen molar-refractivity contribution in [2.75, 3.05) is 11.1 Å². The van der Waals surface area contributed by atoms with E-state index >= 15 is 0 Å². The minimum atomic E-state index is -0.482. The van der Waals surface area contributed by atoms with Gasteiger partial charge in [-0.05, 0) is 18.9 Å². The Hall–Kier alpha value is -0.960. The fourth-order valence-electron chi connectivity index (χ4n) is 1.40. The topological polar surface area (TPSA) is 38.0 Å². The van der Waals surface area contributed by atoms with Gasteiger partial charge in [-0.25, -0.2) is 4.39 Å². The van der Waals surface area contributed by atoms with E-state index < -0.39 is 5.82 Å². The lowest BCUT2D eigenvalue weighted by molar-refractivity contribution is 0.628. The Bertz CT molecular complexity index is 338. The number of hydrogen-bond donors (Lipinski definition) is 2. The molecule has 84 valence electrons. The summed E-state index contributed by atoms with van der Waals surface area (Å²) in [7, 11) is 0. The Kier molecular flexibility index (Phi) is 4.21. The summed E-state index contributed by atoms with van der Waals surface area (Å²) in [4.78, 5) is 0. The Morgan fingerprint density at radius 2 is 2.00 bits per heavy atom. The van der Waals surface area contributed by atoms with E-state index in [-0.39, 0.29) is 5.02 Å². The maximum absolute atomic E-state index is 13.0. The lowest BCUT2D eigenvalue weighted by Gasteiger charge is -2.18. The average Bonchev–Trinajstić information content (AvgIpc) is 2.21. The third-order valence-corrected chi connectivity index (χ3v) is 2.73. The molecule has 3 N–H and O–H groups in total. The van der Waals surface area contributed by atoms with E-state index in [0.717, 1.165) is 12.8 Å². The van der Waals surface area contributed by atoms with E-state index in [9.17, 15) is 4.39 Å². The fraction of sp³-hybridized carbons (Fsp3) is 0.455. The largest absolute Gasteiger partial charge is 0.397 e. The third kappa shape index (κ3) is 2.99. The van der Waals surface area contributed by atoms with Gasteiger partial charge in [-0.15, -0.1) is 0 Å². The van der Waals surface area contributed by atoms with Crippen LogP contribution in [0.5, 0.6) is 0 Å². The van der Waals surface area contributed by atoms with Crippen LogP contribution in [0.25, 0.3) is 0 Å². The first-order valence-corrected chi connectivity index (χ1v) is 5.47. The fourth-order valence-corrected chi connectivity index (χ4v) is 1.56. The summed E-state index contributed by atoms with van der Waals surface area (Å²) in [5.41, 5.74) is 6.78. The van der Waals surface area contributed by atoms with Crippen molar-refractivity contribution in [2.45, 2.75) is 32.7 Å². The van der Waals surface area contributed by atoms with Gasteiger partial charge in [-0.2, -0.15) is 0 Å². The predicted octanol–water partition coefficient (Wildman–Crippen LogP) is 3.66. The van der Waals surface area contributed by atoms with Crippen molar-refractivity contribution in [3.63, 3.8) is 0 Å². The molecule has 0 aromatic heterocycles. The molecule has 1 aromatic carbocycles. The third-order valence-electron chi connectivity index (χ3n) is 2.44. The molecule has 0 aliphatic rings. The zero-order chi connectivity index (χ0) is 11.4. The molecule has 0 radical (unpaired) electrons. The molecule has 0 saturated heterocycles. The first-order valence-electron chi connectivity index (χ1n) is 5.09. The normalized spacial score (nSPS) is 10.7. The van der Waals surface area contributed by atoms with Gasteiger partial charge < -0.3 is 11.1 Å². The van der Waals surface area contributed by atoms with Crippen LogP contribution in [0, 0.1) is 5.82 Å². The van der Waals surface area contributed by atoms with Crippen molar-refractivity contribution in [1.82, 2.24) is 0 Å². The van der Waals surface area contributed by atoms with Crippen LogP contribution in [0.3, 0.4) is 0 Å². The molecule has 0 spiro atoms. The highest BCUT2D eigenvalue weighted by Gasteiger charge is 2.09. The van der Waals surface area contributed by atoms with Gasteiger partial charge >= 0.3 is 0 Å². The molecular formula is C11H16ClFN2. The van der Waals surface area contributed by atoms with E-state index in [1.165, 1.54) is 12.1 Å².